The molecule has 0 fully saturated rings. The lowest BCUT2D eigenvalue weighted by atomic mass is 10.1. The highest BCUT2D eigenvalue weighted by atomic mass is 16.6. The molecule has 0 saturated heterocycles. The molecule has 1 heterocycles. The molecule has 168 valence electrons. The molecule has 1 N–H and O–H groups in total. The number of nitriles is 1. The Morgan fingerprint density at radius 2 is 1.91 bits per heavy atom. The number of carbonyl (C=O) groups is 2. The van der Waals surface area contributed by atoms with Crippen LogP contribution in [0.3, 0.4) is 0 Å². The molecule has 0 unspecified atom stereocenters. The lowest BCUT2D eigenvalue weighted by Gasteiger charge is -2.12. The highest BCUT2D eigenvalue weighted by molar-refractivity contribution is 6.01. The molecular formula is C26H24N2O5. The maximum Gasteiger partial charge on any atom is 0.311 e. The van der Waals surface area contributed by atoms with Gasteiger partial charge in [0.1, 0.15) is 17.4 Å². The number of furan rings is 1. The molecule has 7 heteroatoms. The van der Waals surface area contributed by atoms with Gasteiger partial charge in [0, 0.05) is 6.42 Å². The Labute approximate surface area is 192 Å². The zero-order valence-electron chi connectivity index (χ0n) is 18.2. The van der Waals surface area contributed by atoms with Crippen LogP contribution in [0.5, 0.6) is 11.5 Å². The van der Waals surface area contributed by atoms with E-state index < -0.39 is 5.91 Å². The van der Waals surface area contributed by atoms with Crippen molar-refractivity contribution >= 4 is 18.0 Å². The SMILES string of the molecule is CCOc1cc(/C=C(\C#N)C(=O)NCc2ccco2)ccc1OC(=O)CCc1ccccc1. The summed E-state index contributed by atoms with van der Waals surface area (Å²) < 4.78 is 16.3. The first kappa shape index (κ1) is 23.4. The maximum atomic E-state index is 12.3. The fourth-order valence-corrected chi connectivity index (χ4v) is 3.02. The number of esters is 1. The van der Waals surface area contributed by atoms with Crippen LogP contribution in [0.1, 0.15) is 30.2 Å². The van der Waals surface area contributed by atoms with Gasteiger partial charge < -0.3 is 19.2 Å². The fourth-order valence-electron chi connectivity index (χ4n) is 3.02. The lowest BCUT2D eigenvalue weighted by Crippen LogP contribution is -2.23. The average Bonchev–Trinajstić information content (AvgIpc) is 3.36. The first-order chi connectivity index (χ1) is 16.1. The summed E-state index contributed by atoms with van der Waals surface area (Å²) in [5, 5.41) is 12.0. The van der Waals surface area contributed by atoms with Gasteiger partial charge in [-0.15, -0.1) is 0 Å². The van der Waals surface area contributed by atoms with Gasteiger partial charge in [0.25, 0.3) is 5.91 Å². The van der Waals surface area contributed by atoms with Gasteiger partial charge in [-0.2, -0.15) is 5.26 Å². The van der Waals surface area contributed by atoms with Gasteiger partial charge in [-0.1, -0.05) is 36.4 Å². The van der Waals surface area contributed by atoms with Crippen molar-refractivity contribution in [2.24, 2.45) is 0 Å². The van der Waals surface area contributed by atoms with Crippen LogP contribution in [0, 0.1) is 11.3 Å². The summed E-state index contributed by atoms with van der Waals surface area (Å²) in [4.78, 5) is 24.7. The Hall–Kier alpha value is -4.31. The third-order valence-corrected chi connectivity index (χ3v) is 4.63. The number of benzene rings is 2. The number of aryl methyl sites for hydroxylation is 1. The summed E-state index contributed by atoms with van der Waals surface area (Å²) >= 11 is 0. The Bertz CT molecular complexity index is 1150. The topological polar surface area (TPSA) is 102 Å². The highest BCUT2D eigenvalue weighted by Crippen LogP contribution is 2.30. The van der Waals surface area contributed by atoms with Gasteiger partial charge >= 0.3 is 5.97 Å². The predicted molar refractivity (Wildman–Crippen MR) is 122 cm³/mol. The standard InChI is InChI=1S/C26H24N2O5/c1-2-31-24-16-20(15-21(17-27)26(30)28-18-22-9-6-14-32-22)10-12-23(24)33-25(29)13-11-19-7-4-3-5-8-19/h3-10,12,14-16H,2,11,13,18H2,1H3,(H,28,30)/b21-15+. The molecule has 7 nitrogen and oxygen atoms in total. The monoisotopic (exact) mass is 444 g/mol. The van der Waals surface area contributed by atoms with Crippen LogP contribution in [0.2, 0.25) is 0 Å². The zero-order valence-corrected chi connectivity index (χ0v) is 18.2. The van der Waals surface area contributed by atoms with E-state index in [-0.39, 0.29) is 30.3 Å². The second kappa shape index (κ2) is 11.9. The van der Waals surface area contributed by atoms with Gasteiger partial charge in [-0.3, -0.25) is 9.59 Å². The largest absolute Gasteiger partial charge is 0.490 e. The van der Waals surface area contributed by atoms with Crippen molar-refractivity contribution in [3.05, 3.63) is 89.4 Å². The van der Waals surface area contributed by atoms with E-state index in [9.17, 15) is 14.9 Å². The first-order valence-electron chi connectivity index (χ1n) is 10.5. The first-order valence-corrected chi connectivity index (χ1v) is 10.5. The minimum Gasteiger partial charge on any atom is -0.490 e. The number of hydrogen-bond donors (Lipinski definition) is 1. The van der Waals surface area contributed by atoms with E-state index >= 15 is 0 Å². The smallest absolute Gasteiger partial charge is 0.311 e. The van der Waals surface area contributed by atoms with Crippen molar-refractivity contribution in [2.75, 3.05) is 6.61 Å². The van der Waals surface area contributed by atoms with Crippen LogP contribution in [0.15, 0.2) is 76.9 Å². The van der Waals surface area contributed by atoms with Crippen molar-refractivity contribution in [1.29, 1.82) is 5.26 Å². The van der Waals surface area contributed by atoms with Crippen LogP contribution in [0.4, 0.5) is 0 Å². The van der Waals surface area contributed by atoms with E-state index in [1.54, 1.807) is 30.3 Å². The second-order valence-electron chi connectivity index (χ2n) is 7.03. The van der Waals surface area contributed by atoms with Crippen LogP contribution in [-0.2, 0) is 22.6 Å². The fraction of sp³-hybridized carbons (Fsp3) is 0.192. The second-order valence-corrected chi connectivity index (χ2v) is 7.03. The molecule has 33 heavy (non-hydrogen) atoms. The van der Waals surface area contributed by atoms with Crippen molar-refractivity contribution < 1.29 is 23.5 Å². The summed E-state index contributed by atoms with van der Waals surface area (Å²) in [6.45, 7) is 2.34. The molecule has 0 spiro atoms. The minimum absolute atomic E-state index is 0.0726. The van der Waals surface area contributed by atoms with Crippen LogP contribution < -0.4 is 14.8 Å². The third-order valence-electron chi connectivity index (χ3n) is 4.63. The van der Waals surface area contributed by atoms with Crippen molar-refractivity contribution in [2.45, 2.75) is 26.3 Å². The Morgan fingerprint density at radius 3 is 2.61 bits per heavy atom. The van der Waals surface area contributed by atoms with E-state index in [1.165, 1.54) is 12.3 Å². The predicted octanol–water partition coefficient (Wildman–Crippen LogP) is 4.44. The van der Waals surface area contributed by atoms with Crippen molar-refractivity contribution in [1.82, 2.24) is 5.32 Å². The van der Waals surface area contributed by atoms with Crippen molar-refractivity contribution in [3.63, 3.8) is 0 Å². The number of nitrogens with one attached hydrogen (secondary N) is 1. The highest BCUT2D eigenvalue weighted by Gasteiger charge is 2.14. The Morgan fingerprint density at radius 1 is 1.09 bits per heavy atom. The summed E-state index contributed by atoms with van der Waals surface area (Å²) in [7, 11) is 0. The number of rotatable bonds is 10. The number of amides is 1. The van der Waals surface area contributed by atoms with Crippen LogP contribution >= 0.6 is 0 Å². The molecule has 1 amide bonds. The van der Waals surface area contributed by atoms with Gasteiger partial charge in [0.15, 0.2) is 11.5 Å². The normalized spacial score (nSPS) is 10.8. The van der Waals surface area contributed by atoms with Crippen LogP contribution in [-0.4, -0.2) is 18.5 Å². The molecule has 2 aromatic carbocycles. The quantitative estimate of drug-likeness (QED) is 0.215. The maximum absolute atomic E-state index is 12.3. The van der Waals surface area contributed by atoms with Gasteiger partial charge in [0.2, 0.25) is 0 Å². The van der Waals surface area contributed by atoms with E-state index in [4.69, 9.17) is 13.9 Å². The van der Waals surface area contributed by atoms with Gasteiger partial charge in [-0.05, 0) is 54.8 Å². The molecule has 0 radical (unpaired) electrons. The van der Waals surface area contributed by atoms with E-state index in [0.717, 1.165) is 5.56 Å². The average molecular weight is 444 g/mol. The van der Waals surface area contributed by atoms with Crippen molar-refractivity contribution in [3.8, 4) is 17.6 Å². The number of ether oxygens (including phenoxy) is 2. The van der Waals surface area contributed by atoms with Crippen LogP contribution in [0.25, 0.3) is 6.08 Å². The molecule has 3 rings (SSSR count). The van der Waals surface area contributed by atoms with Gasteiger partial charge in [-0.25, -0.2) is 0 Å². The summed E-state index contributed by atoms with van der Waals surface area (Å²) in [6.07, 6.45) is 3.75. The molecular weight excluding hydrogens is 420 g/mol. The molecule has 1 aromatic heterocycles. The summed E-state index contributed by atoms with van der Waals surface area (Å²) in [5.41, 5.74) is 1.54. The molecule has 0 bridgehead atoms. The molecule has 3 aromatic rings. The number of hydrogen-bond acceptors (Lipinski definition) is 6. The Balaban J connectivity index is 1.67. The minimum atomic E-state index is -0.525. The zero-order chi connectivity index (χ0) is 23.5. The molecule has 0 saturated carbocycles. The molecule has 0 aliphatic heterocycles. The van der Waals surface area contributed by atoms with Gasteiger partial charge in [0.05, 0.1) is 19.4 Å². The van der Waals surface area contributed by atoms with E-state index in [0.29, 0.717) is 30.1 Å². The molecule has 0 atom stereocenters. The van der Waals surface area contributed by atoms with E-state index in [1.807, 2.05) is 43.3 Å². The number of nitrogens with zero attached hydrogens (tertiary/aromatic N) is 1. The Kier molecular flexibility index (Phi) is 8.43. The molecule has 0 aliphatic carbocycles. The van der Waals surface area contributed by atoms with E-state index in [2.05, 4.69) is 5.32 Å². The summed E-state index contributed by atoms with van der Waals surface area (Å²) in [6, 6.07) is 19.9. The molecule has 0 aliphatic rings. The number of carbonyl (C=O) groups excluding carboxylic acids is 2. The lowest BCUT2D eigenvalue weighted by molar-refractivity contribution is -0.134. The third kappa shape index (κ3) is 7.11. The summed E-state index contributed by atoms with van der Waals surface area (Å²) in [5.74, 6) is 0.319.